The van der Waals surface area contributed by atoms with Crippen LogP contribution in [0.5, 0.6) is 0 Å². The summed E-state index contributed by atoms with van der Waals surface area (Å²) in [5.41, 5.74) is 5.32. The maximum atomic E-state index is 11.1. The smallest absolute Gasteiger partial charge is 0.234 e. The molecule has 0 bridgehead atoms. The molecule has 0 aliphatic heterocycles. The Morgan fingerprint density at radius 2 is 2.07 bits per heavy atom. The van der Waals surface area contributed by atoms with E-state index in [4.69, 9.17) is 5.73 Å². The molecule has 0 aliphatic rings. The summed E-state index contributed by atoms with van der Waals surface area (Å²) in [5, 5.41) is 3.18. The normalized spacial score (nSPS) is 13.1. The highest BCUT2D eigenvalue weighted by atomic mass is 32.2. The summed E-state index contributed by atoms with van der Waals surface area (Å²) < 4.78 is 0. The summed E-state index contributed by atoms with van der Waals surface area (Å²) in [4.78, 5) is 11.1. The van der Waals surface area contributed by atoms with Gasteiger partial charge >= 0.3 is 0 Å². The first-order chi connectivity index (χ1) is 7.07. The van der Waals surface area contributed by atoms with Crippen molar-refractivity contribution in [2.75, 3.05) is 11.5 Å². The summed E-state index contributed by atoms with van der Waals surface area (Å²) in [7, 11) is 0. The predicted octanol–water partition coefficient (Wildman–Crippen LogP) is 1.76. The van der Waals surface area contributed by atoms with Gasteiger partial charge in [-0.3, -0.25) is 4.79 Å². The van der Waals surface area contributed by atoms with Crippen molar-refractivity contribution in [3.05, 3.63) is 0 Å². The molecule has 1 unspecified atom stereocenters. The molecular weight excluding hydrogens is 208 g/mol. The quantitative estimate of drug-likeness (QED) is 0.596. The number of unbranched alkanes of at least 4 members (excludes halogenated alkanes) is 1. The number of primary amides is 1. The Balaban J connectivity index is 3.62. The van der Waals surface area contributed by atoms with Crippen LogP contribution in [-0.2, 0) is 4.79 Å². The standard InChI is InChI=1S/C11H24N2OS/c1-4-5-7-15-8-6-10(11(12)14)13-9(2)3/h9-10,13H,4-8H2,1-3H3,(H2,12,14). The van der Waals surface area contributed by atoms with E-state index in [1.807, 2.05) is 25.6 Å². The molecule has 3 N–H and O–H groups in total. The molecule has 1 amide bonds. The molecule has 0 spiro atoms. The van der Waals surface area contributed by atoms with Gasteiger partial charge in [0.25, 0.3) is 0 Å². The highest BCUT2D eigenvalue weighted by Gasteiger charge is 2.14. The van der Waals surface area contributed by atoms with Crippen LogP contribution in [0.4, 0.5) is 0 Å². The SMILES string of the molecule is CCCCSCCC(NC(C)C)C(N)=O. The third kappa shape index (κ3) is 8.75. The number of rotatable bonds is 9. The van der Waals surface area contributed by atoms with E-state index in [-0.39, 0.29) is 11.9 Å². The van der Waals surface area contributed by atoms with Gasteiger partial charge in [0.05, 0.1) is 6.04 Å². The fraction of sp³-hybridized carbons (Fsp3) is 0.909. The third-order valence-corrected chi connectivity index (χ3v) is 3.17. The maximum absolute atomic E-state index is 11.1. The van der Waals surface area contributed by atoms with Crippen molar-refractivity contribution >= 4 is 17.7 Å². The first-order valence-corrected chi connectivity index (χ1v) is 6.86. The van der Waals surface area contributed by atoms with E-state index in [1.165, 1.54) is 18.6 Å². The van der Waals surface area contributed by atoms with Gasteiger partial charge in [-0.1, -0.05) is 27.2 Å². The molecule has 1 atom stereocenters. The Kier molecular flexibility index (Phi) is 8.91. The van der Waals surface area contributed by atoms with Gasteiger partial charge in [-0.2, -0.15) is 11.8 Å². The molecule has 0 aromatic rings. The highest BCUT2D eigenvalue weighted by Crippen LogP contribution is 2.08. The van der Waals surface area contributed by atoms with Crippen molar-refractivity contribution < 1.29 is 4.79 Å². The van der Waals surface area contributed by atoms with E-state index in [0.717, 1.165) is 12.2 Å². The number of carbonyl (C=O) groups is 1. The lowest BCUT2D eigenvalue weighted by atomic mass is 10.2. The van der Waals surface area contributed by atoms with E-state index in [1.54, 1.807) is 0 Å². The molecule has 0 aromatic carbocycles. The molecule has 0 saturated heterocycles. The van der Waals surface area contributed by atoms with Crippen LogP contribution < -0.4 is 11.1 Å². The Hall–Kier alpha value is -0.220. The fourth-order valence-corrected chi connectivity index (χ4v) is 2.36. The number of thioether (sulfide) groups is 1. The summed E-state index contributed by atoms with van der Waals surface area (Å²) >= 11 is 1.90. The van der Waals surface area contributed by atoms with Gasteiger partial charge in [0, 0.05) is 6.04 Å². The minimum atomic E-state index is -0.236. The Morgan fingerprint density at radius 3 is 2.53 bits per heavy atom. The van der Waals surface area contributed by atoms with Gasteiger partial charge in [-0.05, 0) is 24.3 Å². The highest BCUT2D eigenvalue weighted by molar-refractivity contribution is 7.99. The van der Waals surface area contributed by atoms with Gasteiger partial charge in [0.1, 0.15) is 0 Å². The molecule has 0 aromatic heterocycles. The molecule has 0 radical (unpaired) electrons. The van der Waals surface area contributed by atoms with Gasteiger partial charge in [-0.15, -0.1) is 0 Å². The number of hydrogen-bond donors (Lipinski definition) is 2. The average molecular weight is 232 g/mol. The number of carbonyl (C=O) groups excluding carboxylic acids is 1. The summed E-state index contributed by atoms with van der Waals surface area (Å²) in [6.07, 6.45) is 3.32. The van der Waals surface area contributed by atoms with Crippen molar-refractivity contribution in [3.8, 4) is 0 Å². The van der Waals surface area contributed by atoms with Gasteiger partial charge in [-0.25, -0.2) is 0 Å². The largest absolute Gasteiger partial charge is 0.368 e. The summed E-state index contributed by atoms with van der Waals surface area (Å²) in [6.45, 7) is 6.24. The van der Waals surface area contributed by atoms with Crippen molar-refractivity contribution in [3.63, 3.8) is 0 Å². The fourth-order valence-electron chi connectivity index (χ4n) is 1.26. The second kappa shape index (κ2) is 9.04. The molecule has 3 nitrogen and oxygen atoms in total. The minimum Gasteiger partial charge on any atom is -0.368 e. The first-order valence-electron chi connectivity index (χ1n) is 5.71. The zero-order valence-corrected chi connectivity index (χ0v) is 10.9. The maximum Gasteiger partial charge on any atom is 0.234 e. The Labute approximate surface area is 97.6 Å². The van der Waals surface area contributed by atoms with E-state index in [9.17, 15) is 4.79 Å². The molecule has 0 rings (SSSR count). The lowest BCUT2D eigenvalue weighted by molar-refractivity contribution is -0.120. The van der Waals surface area contributed by atoms with Gasteiger partial charge < -0.3 is 11.1 Å². The van der Waals surface area contributed by atoms with Crippen LogP contribution in [0.1, 0.15) is 40.0 Å². The molecule has 15 heavy (non-hydrogen) atoms. The first kappa shape index (κ1) is 14.8. The van der Waals surface area contributed by atoms with Crippen molar-refractivity contribution in [1.82, 2.24) is 5.32 Å². The number of nitrogens with two attached hydrogens (primary N) is 1. The molecule has 0 fully saturated rings. The van der Waals surface area contributed by atoms with Crippen LogP contribution in [0, 0.1) is 0 Å². The van der Waals surface area contributed by atoms with Gasteiger partial charge in [0.2, 0.25) is 5.91 Å². The molecule has 0 heterocycles. The molecule has 0 saturated carbocycles. The molecule has 90 valence electrons. The van der Waals surface area contributed by atoms with Crippen LogP contribution in [0.2, 0.25) is 0 Å². The lowest BCUT2D eigenvalue weighted by Crippen LogP contribution is -2.44. The lowest BCUT2D eigenvalue weighted by Gasteiger charge is -2.17. The van der Waals surface area contributed by atoms with Crippen LogP contribution in [-0.4, -0.2) is 29.5 Å². The Morgan fingerprint density at radius 1 is 1.40 bits per heavy atom. The zero-order chi connectivity index (χ0) is 11.7. The second-order valence-corrected chi connectivity index (χ2v) is 5.26. The predicted molar refractivity (Wildman–Crippen MR) is 68.1 cm³/mol. The van der Waals surface area contributed by atoms with E-state index in [0.29, 0.717) is 6.04 Å². The van der Waals surface area contributed by atoms with Crippen LogP contribution >= 0.6 is 11.8 Å². The van der Waals surface area contributed by atoms with Crippen LogP contribution in [0.15, 0.2) is 0 Å². The second-order valence-electron chi connectivity index (χ2n) is 4.03. The average Bonchev–Trinajstić information content (AvgIpc) is 2.15. The Bertz CT molecular complexity index is 174. The minimum absolute atomic E-state index is 0.167. The molecule has 0 aliphatic carbocycles. The number of hydrogen-bond acceptors (Lipinski definition) is 3. The van der Waals surface area contributed by atoms with E-state index < -0.39 is 0 Å². The number of nitrogens with one attached hydrogen (secondary N) is 1. The van der Waals surface area contributed by atoms with Crippen molar-refractivity contribution in [1.29, 1.82) is 0 Å². The van der Waals surface area contributed by atoms with E-state index >= 15 is 0 Å². The van der Waals surface area contributed by atoms with Crippen LogP contribution in [0.25, 0.3) is 0 Å². The van der Waals surface area contributed by atoms with Gasteiger partial charge in [0.15, 0.2) is 0 Å². The third-order valence-electron chi connectivity index (χ3n) is 2.07. The molecular formula is C11H24N2OS. The molecule has 4 heteroatoms. The zero-order valence-electron chi connectivity index (χ0n) is 10.1. The van der Waals surface area contributed by atoms with Crippen molar-refractivity contribution in [2.24, 2.45) is 5.73 Å². The summed E-state index contributed by atoms with van der Waals surface area (Å²) in [5.74, 6) is 1.96. The monoisotopic (exact) mass is 232 g/mol. The van der Waals surface area contributed by atoms with Crippen molar-refractivity contribution in [2.45, 2.75) is 52.1 Å². The van der Waals surface area contributed by atoms with E-state index in [2.05, 4.69) is 12.2 Å². The topological polar surface area (TPSA) is 55.1 Å². The number of amides is 1. The summed E-state index contributed by atoms with van der Waals surface area (Å²) in [6, 6.07) is 0.141. The van der Waals surface area contributed by atoms with Crippen LogP contribution in [0.3, 0.4) is 0 Å².